The lowest BCUT2D eigenvalue weighted by atomic mass is 10.1. The highest BCUT2D eigenvalue weighted by Gasteiger charge is 2.25. The second kappa shape index (κ2) is 10.9. The molecule has 0 radical (unpaired) electrons. The number of ether oxygens (including phenoxy) is 2. The van der Waals surface area contributed by atoms with Gasteiger partial charge in [-0.25, -0.2) is 4.79 Å². The Morgan fingerprint density at radius 1 is 1.30 bits per heavy atom. The summed E-state index contributed by atoms with van der Waals surface area (Å²) in [5.41, 5.74) is 1.45. The number of carbonyl (C=O) groups excluding carboxylic acids is 3. The summed E-state index contributed by atoms with van der Waals surface area (Å²) in [6.45, 7) is 3.54. The zero-order chi connectivity index (χ0) is 19.6. The maximum Gasteiger partial charge on any atom is 0.329 e. The molecule has 0 saturated carbocycles. The number of benzene rings is 1. The minimum atomic E-state index is -0.789. The second-order valence-electron chi connectivity index (χ2n) is 6.28. The number of carbonyl (C=O) groups is 3. The number of hydrogen-bond acceptors (Lipinski definition) is 6. The van der Waals surface area contributed by atoms with Gasteiger partial charge < -0.3 is 19.7 Å². The number of thioether (sulfide) groups is 1. The van der Waals surface area contributed by atoms with E-state index in [1.165, 1.54) is 0 Å². The molecule has 27 heavy (non-hydrogen) atoms. The van der Waals surface area contributed by atoms with E-state index in [0.29, 0.717) is 44.0 Å². The summed E-state index contributed by atoms with van der Waals surface area (Å²) in [6.07, 6.45) is 2.36. The Morgan fingerprint density at radius 3 is 2.70 bits per heavy atom. The van der Waals surface area contributed by atoms with Crippen molar-refractivity contribution < 1.29 is 23.9 Å². The molecule has 0 spiro atoms. The number of rotatable bonds is 8. The van der Waals surface area contributed by atoms with E-state index in [0.717, 1.165) is 5.56 Å². The summed E-state index contributed by atoms with van der Waals surface area (Å²) in [5.74, 6) is -0.487. The van der Waals surface area contributed by atoms with E-state index in [4.69, 9.17) is 9.47 Å². The van der Waals surface area contributed by atoms with Crippen molar-refractivity contribution in [3.05, 3.63) is 35.4 Å². The molecule has 1 aromatic carbocycles. The Labute approximate surface area is 163 Å². The van der Waals surface area contributed by atoms with Gasteiger partial charge in [0.05, 0.1) is 13.2 Å². The third-order valence-corrected chi connectivity index (χ3v) is 4.83. The van der Waals surface area contributed by atoms with Crippen LogP contribution in [0.2, 0.25) is 0 Å². The first-order valence-electron chi connectivity index (χ1n) is 8.90. The van der Waals surface area contributed by atoms with Crippen LogP contribution in [0.5, 0.6) is 0 Å². The minimum absolute atomic E-state index is 0.250. The van der Waals surface area contributed by atoms with Gasteiger partial charge in [0.25, 0.3) is 11.8 Å². The highest BCUT2D eigenvalue weighted by atomic mass is 32.2. The third-order valence-electron chi connectivity index (χ3n) is 4.18. The van der Waals surface area contributed by atoms with E-state index in [2.05, 4.69) is 5.32 Å². The lowest BCUT2D eigenvalue weighted by molar-refractivity contribution is -0.155. The van der Waals surface area contributed by atoms with E-state index < -0.39 is 12.0 Å². The quantitative estimate of drug-likeness (QED) is 0.668. The fraction of sp³-hybridized carbons (Fsp3) is 0.526. The highest BCUT2D eigenvalue weighted by molar-refractivity contribution is 7.98. The summed E-state index contributed by atoms with van der Waals surface area (Å²) >= 11 is 1.57. The molecule has 0 aromatic heterocycles. The molecule has 148 valence electrons. The first-order valence-corrected chi connectivity index (χ1v) is 10.3. The molecule has 8 heteroatoms. The lowest BCUT2D eigenvalue weighted by Crippen LogP contribution is -2.45. The Bertz CT molecular complexity index is 661. The number of nitrogens with one attached hydrogen (secondary N) is 1. The number of aryl methyl sites for hydroxylation is 1. The normalized spacial score (nSPS) is 15.1. The molecule has 1 N–H and O–H groups in total. The van der Waals surface area contributed by atoms with Crippen LogP contribution < -0.4 is 5.32 Å². The van der Waals surface area contributed by atoms with Crippen molar-refractivity contribution in [2.45, 2.75) is 19.4 Å². The largest absolute Gasteiger partial charge is 0.454 e. The van der Waals surface area contributed by atoms with Gasteiger partial charge in [-0.15, -0.1) is 0 Å². The van der Waals surface area contributed by atoms with E-state index in [1.54, 1.807) is 34.9 Å². The molecule has 0 unspecified atom stereocenters. The molecule has 7 nitrogen and oxygen atoms in total. The molecule has 1 heterocycles. The number of esters is 1. The zero-order valence-corrected chi connectivity index (χ0v) is 16.5. The van der Waals surface area contributed by atoms with Crippen molar-refractivity contribution in [3.8, 4) is 0 Å². The van der Waals surface area contributed by atoms with Crippen LogP contribution >= 0.6 is 11.8 Å². The van der Waals surface area contributed by atoms with Crippen LogP contribution in [0, 0.1) is 6.92 Å². The maximum atomic E-state index is 12.4. The average molecular weight is 394 g/mol. The molecule has 1 atom stereocenters. The summed E-state index contributed by atoms with van der Waals surface area (Å²) in [7, 11) is 0. The first kappa shape index (κ1) is 21.2. The smallest absolute Gasteiger partial charge is 0.329 e. The number of amides is 2. The molecule has 1 fully saturated rings. The predicted molar refractivity (Wildman–Crippen MR) is 104 cm³/mol. The van der Waals surface area contributed by atoms with Gasteiger partial charge in [-0.1, -0.05) is 17.7 Å². The second-order valence-corrected chi connectivity index (χ2v) is 7.26. The van der Waals surface area contributed by atoms with Gasteiger partial charge in [-0.3, -0.25) is 9.59 Å². The van der Waals surface area contributed by atoms with Crippen molar-refractivity contribution in [1.82, 2.24) is 10.2 Å². The fourth-order valence-corrected chi connectivity index (χ4v) is 3.12. The molecular weight excluding hydrogens is 368 g/mol. The van der Waals surface area contributed by atoms with Crippen molar-refractivity contribution >= 4 is 29.5 Å². The van der Waals surface area contributed by atoms with Gasteiger partial charge in [0.2, 0.25) is 0 Å². The van der Waals surface area contributed by atoms with E-state index >= 15 is 0 Å². The van der Waals surface area contributed by atoms with Crippen LogP contribution in [-0.2, 0) is 19.1 Å². The number of morpholine rings is 1. The van der Waals surface area contributed by atoms with Crippen LogP contribution in [0.1, 0.15) is 22.3 Å². The third kappa shape index (κ3) is 6.88. The molecule has 1 aliphatic heterocycles. The molecule has 0 aliphatic carbocycles. The first-order chi connectivity index (χ1) is 13.0. The topological polar surface area (TPSA) is 84.9 Å². The lowest BCUT2D eigenvalue weighted by Gasteiger charge is -2.27. The monoisotopic (exact) mass is 394 g/mol. The molecule has 1 saturated heterocycles. The highest BCUT2D eigenvalue weighted by Crippen LogP contribution is 2.08. The van der Waals surface area contributed by atoms with Crippen LogP contribution in [0.4, 0.5) is 0 Å². The standard InChI is InChI=1S/C19H26N2O5S/c1-14-4-3-5-15(12-14)18(23)20-16(6-11-27-2)19(24)26-13-17(22)21-7-9-25-10-8-21/h3-5,12,16H,6-11,13H2,1-2H3,(H,20,23)/t16-/m0/s1. The van der Waals surface area contributed by atoms with Gasteiger partial charge in [-0.2, -0.15) is 11.8 Å². The maximum absolute atomic E-state index is 12.4. The Kier molecular flexibility index (Phi) is 8.60. The van der Waals surface area contributed by atoms with Crippen molar-refractivity contribution in [2.24, 2.45) is 0 Å². The Balaban J connectivity index is 1.92. The summed E-state index contributed by atoms with van der Waals surface area (Å²) < 4.78 is 10.4. The van der Waals surface area contributed by atoms with Crippen molar-refractivity contribution in [2.75, 3.05) is 44.9 Å². The number of hydrogen-bond donors (Lipinski definition) is 1. The minimum Gasteiger partial charge on any atom is -0.454 e. The Hall–Kier alpha value is -2.06. The SMILES string of the molecule is CSCC[C@H](NC(=O)c1cccc(C)c1)C(=O)OCC(=O)N1CCOCC1. The van der Waals surface area contributed by atoms with E-state index in [9.17, 15) is 14.4 Å². The van der Waals surface area contributed by atoms with E-state index in [1.807, 2.05) is 19.2 Å². The fourth-order valence-electron chi connectivity index (χ4n) is 2.65. The summed E-state index contributed by atoms with van der Waals surface area (Å²) in [4.78, 5) is 38.6. The molecule has 0 bridgehead atoms. The van der Waals surface area contributed by atoms with Crippen LogP contribution in [0.15, 0.2) is 24.3 Å². The molecule has 2 rings (SSSR count). The van der Waals surface area contributed by atoms with Gasteiger partial charge >= 0.3 is 5.97 Å². The van der Waals surface area contributed by atoms with Crippen LogP contribution in [0.25, 0.3) is 0 Å². The van der Waals surface area contributed by atoms with Crippen molar-refractivity contribution in [1.29, 1.82) is 0 Å². The van der Waals surface area contributed by atoms with Gasteiger partial charge in [-0.05, 0) is 37.5 Å². The number of nitrogens with zero attached hydrogens (tertiary/aromatic N) is 1. The molecule has 1 aliphatic rings. The van der Waals surface area contributed by atoms with Crippen LogP contribution in [-0.4, -0.2) is 73.6 Å². The van der Waals surface area contributed by atoms with Gasteiger partial charge in [0.15, 0.2) is 6.61 Å². The summed E-state index contributed by atoms with van der Waals surface area (Å²) in [5, 5.41) is 2.73. The predicted octanol–water partition coefficient (Wildman–Crippen LogP) is 1.25. The van der Waals surface area contributed by atoms with Crippen LogP contribution in [0.3, 0.4) is 0 Å². The summed E-state index contributed by atoms with van der Waals surface area (Å²) in [6, 6.07) is 6.35. The van der Waals surface area contributed by atoms with Gasteiger partial charge in [0.1, 0.15) is 6.04 Å². The molecular formula is C19H26N2O5S. The molecule has 1 aromatic rings. The van der Waals surface area contributed by atoms with Crippen molar-refractivity contribution in [3.63, 3.8) is 0 Å². The average Bonchev–Trinajstić information content (AvgIpc) is 2.69. The Morgan fingerprint density at radius 2 is 2.04 bits per heavy atom. The van der Waals surface area contributed by atoms with Gasteiger partial charge in [0, 0.05) is 18.7 Å². The zero-order valence-electron chi connectivity index (χ0n) is 15.7. The van der Waals surface area contributed by atoms with E-state index in [-0.39, 0.29) is 18.4 Å². The molecule has 2 amide bonds.